The summed E-state index contributed by atoms with van der Waals surface area (Å²) in [6, 6.07) is 14.9. The maximum atomic E-state index is 3.45. The van der Waals surface area contributed by atoms with E-state index in [0.29, 0.717) is 0 Å². The third-order valence-corrected chi connectivity index (χ3v) is 3.09. The molecule has 0 saturated carbocycles. The van der Waals surface area contributed by atoms with Crippen molar-refractivity contribution in [2.24, 2.45) is 0 Å². The van der Waals surface area contributed by atoms with Crippen molar-refractivity contribution in [2.45, 2.75) is 13.3 Å². The highest BCUT2D eigenvalue weighted by Gasteiger charge is 2.03. The first kappa shape index (κ1) is 10.2. The summed E-state index contributed by atoms with van der Waals surface area (Å²) < 4.78 is 0. The average molecular weight is 224 g/mol. The fourth-order valence-electron chi connectivity index (χ4n) is 2.23. The second-order valence-electron chi connectivity index (χ2n) is 4.36. The SMILES string of the molecule is CCCNc1ccc2c(c1)[nH]c1ccccc12. The van der Waals surface area contributed by atoms with E-state index in [1.54, 1.807) is 0 Å². The molecule has 0 saturated heterocycles. The molecular weight excluding hydrogens is 208 g/mol. The Morgan fingerprint density at radius 2 is 1.82 bits per heavy atom. The summed E-state index contributed by atoms with van der Waals surface area (Å²) in [4.78, 5) is 3.45. The molecule has 0 aliphatic rings. The zero-order valence-electron chi connectivity index (χ0n) is 9.96. The number of para-hydroxylation sites is 1. The van der Waals surface area contributed by atoms with Crippen LogP contribution in [0.25, 0.3) is 21.8 Å². The van der Waals surface area contributed by atoms with Gasteiger partial charge in [0.25, 0.3) is 0 Å². The van der Waals surface area contributed by atoms with Gasteiger partial charge in [0.15, 0.2) is 0 Å². The summed E-state index contributed by atoms with van der Waals surface area (Å²) in [7, 11) is 0. The fourth-order valence-corrected chi connectivity index (χ4v) is 2.23. The predicted octanol–water partition coefficient (Wildman–Crippen LogP) is 4.14. The number of H-pyrrole nitrogens is 1. The molecule has 0 amide bonds. The van der Waals surface area contributed by atoms with Crippen LogP contribution >= 0.6 is 0 Å². The summed E-state index contributed by atoms with van der Waals surface area (Å²) in [5.74, 6) is 0. The maximum absolute atomic E-state index is 3.45. The molecule has 0 aliphatic carbocycles. The lowest BCUT2D eigenvalue weighted by atomic mass is 10.1. The number of aromatic nitrogens is 1. The van der Waals surface area contributed by atoms with Crippen molar-refractivity contribution >= 4 is 27.5 Å². The minimum Gasteiger partial charge on any atom is -0.385 e. The van der Waals surface area contributed by atoms with Crippen LogP contribution in [0.5, 0.6) is 0 Å². The summed E-state index contributed by atoms with van der Waals surface area (Å²) in [6.07, 6.45) is 1.14. The van der Waals surface area contributed by atoms with Crippen LogP contribution in [0, 0.1) is 0 Å². The number of benzene rings is 2. The van der Waals surface area contributed by atoms with Crippen LogP contribution in [0.3, 0.4) is 0 Å². The van der Waals surface area contributed by atoms with E-state index >= 15 is 0 Å². The van der Waals surface area contributed by atoms with E-state index in [9.17, 15) is 0 Å². The number of hydrogen-bond donors (Lipinski definition) is 2. The van der Waals surface area contributed by atoms with Crippen LogP contribution < -0.4 is 5.32 Å². The molecule has 86 valence electrons. The van der Waals surface area contributed by atoms with E-state index in [0.717, 1.165) is 13.0 Å². The van der Waals surface area contributed by atoms with Gasteiger partial charge in [-0.05, 0) is 24.6 Å². The summed E-state index contributed by atoms with van der Waals surface area (Å²) >= 11 is 0. The Morgan fingerprint density at radius 1 is 1.00 bits per heavy atom. The van der Waals surface area contributed by atoms with Crippen molar-refractivity contribution < 1.29 is 0 Å². The van der Waals surface area contributed by atoms with Gasteiger partial charge in [0.1, 0.15) is 0 Å². The molecule has 1 heterocycles. The van der Waals surface area contributed by atoms with Gasteiger partial charge in [-0.2, -0.15) is 0 Å². The Morgan fingerprint density at radius 3 is 2.71 bits per heavy atom. The van der Waals surface area contributed by atoms with Crippen LogP contribution in [0.15, 0.2) is 42.5 Å². The minimum absolute atomic E-state index is 1.02. The topological polar surface area (TPSA) is 27.8 Å². The highest BCUT2D eigenvalue weighted by molar-refractivity contribution is 6.07. The molecule has 2 N–H and O–H groups in total. The molecule has 2 aromatic carbocycles. The van der Waals surface area contributed by atoms with E-state index in [1.807, 2.05) is 0 Å². The number of hydrogen-bond acceptors (Lipinski definition) is 1. The van der Waals surface area contributed by atoms with Crippen molar-refractivity contribution in [1.82, 2.24) is 4.98 Å². The Balaban J connectivity index is 2.13. The lowest BCUT2D eigenvalue weighted by Crippen LogP contribution is -1.98. The first-order valence-electron chi connectivity index (χ1n) is 6.13. The monoisotopic (exact) mass is 224 g/mol. The van der Waals surface area contributed by atoms with Crippen LogP contribution in [0.2, 0.25) is 0 Å². The number of aromatic amines is 1. The number of anilines is 1. The second kappa shape index (κ2) is 4.13. The molecule has 3 rings (SSSR count). The van der Waals surface area contributed by atoms with Gasteiger partial charge in [0, 0.05) is 34.0 Å². The van der Waals surface area contributed by atoms with E-state index < -0.39 is 0 Å². The molecule has 0 bridgehead atoms. The third-order valence-electron chi connectivity index (χ3n) is 3.09. The zero-order valence-corrected chi connectivity index (χ0v) is 9.96. The normalized spacial score (nSPS) is 11.1. The highest BCUT2D eigenvalue weighted by atomic mass is 14.9. The molecule has 2 heteroatoms. The van der Waals surface area contributed by atoms with Gasteiger partial charge < -0.3 is 10.3 Å². The summed E-state index contributed by atoms with van der Waals surface area (Å²) in [5.41, 5.74) is 3.59. The van der Waals surface area contributed by atoms with Crippen molar-refractivity contribution in [1.29, 1.82) is 0 Å². The van der Waals surface area contributed by atoms with E-state index in [2.05, 4.69) is 59.7 Å². The summed E-state index contributed by atoms with van der Waals surface area (Å²) in [5, 5.41) is 6.00. The van der Waals surface area contributed by atoms with E-state index in [-0.39, 0.29) is 0 Å². The van der Waals surface area contributed by atoms with Gasteiger partial charge in [-0.1, -0.05) is 31.2 Å². The van der Waals surface area contributed by atoms with E-state index in [4.69, 9.17) is 0 Å². The summed E-state index contributed by atoms with van der Waals surface area (Å²) in [6.45, 7) is 3.19. The van der Waals surface area contributed by atoms with Crippen LogP contribution in [0.1, 0.15) is 13.3 Å². The van der Waals surface area contributed by atoms with Crippen molar-refractivity contribution in [2.75, 3.05) is 11.9 Å². The lowest BCUT2D eigenvalue weighted by Gasteiger charge is -2.03. The quantitative estimate of drug-likeness (QED) is 0.687. The van der Waals surface area contributed by atoms with Gasteiger partial charge in [0.05, 0.1) is 0 Å². The standard InChI is InChI=1S/C15H16N2/c1-2-9-16-11-7-8-13-12-5-3-4-6-14(12)17-15(13)10-11/h3-8,10,16-17H,2,9H2,1H3. The average Bonchev–Trinajstić information content (AvgIpc) is 2.74. The van der Waals surface area contributed by atoms with Gasteiger partial charge >= 0.3 is 0 Å². The lowest BCUT2D eigenvalue weighted by molar-refractivity contribution is 0.980. The molecule has 0 radical (unpaired) electrons. The zero-order chi connectivity index (χ0) is 11.7. The Bertz CT molecular complexity index is 652. The smallest absolute Gasteiger partial charge is 0.0485 e. The number of rotatable bonds is 3. The predicted molar refractivity (Wildman–Crippen MR) is 74.6 cm³/mol. The van der Waals surface area contributed by atoms with Gasteiger partial charge in [-0.15, -0.1) is 0 Å². The van der Waals surface area contributed by atoms with Gasteiger partial charge in [0.2, 0.25) is 0 Å². The molecule has 0 fully saturated rings. The van der Waals surface area contributed by atoms with Crippen LogP contribution in [-0.2, 0) is 0 Å². The van der Waals surface area contributed by atoms with Crippen molar-refractivity contribution in [3.63, 3.8) is 0 Å². The first-order chi connectivity index (χ1) is 8.38. The van der Waals surface area contributed by atoms with Gasteiger partial charge in [-0.25, -0.2) is 0 Å². The van der Waals surface area contributed by atoms with E-state index in [1.165, 1.54) is 27.5 Å². The maximum Gasteiger partial charge on any atom is 0.0485 e. The largest absolute Gasteiger partial charge is 0.385 e. The molecule has 2 nitrogen and oxygen atoms in total. The molecule has 0 spiro atoms. The molecule has 1 aromatic heterocycles. The molecule has 17 heavy (non-hydrogen) atoms. The van der Waals surface area contributed by atoms with Crippen molar-refractivity contribution in [3.8, 4) is 0 Å². The van der Waals surface area contributed by atoms with Gasteiger partial charge in [-0.3, -0.25) is 0 Å². The van der Waals surface area contributed by atoms with Crippen molar-refractivity contribution in [3.05, 3.63) is 42.5 Å². The first-order valence-corrected chi connectivity index (χ1v) is 6.13. The highest BCUT2D eigenvalue weighted by Crippen LogP contribution is 2.27. The Labute approximate surface area is 101 Å². The molecular formula is C15H16N2. The van der Waals surface area contributed by atoms with Crippen LogP contribution in [-0.4, -0.2) is 11.5 Å². The Hall–Kier alpha value is -1.96. The molecule has 3 aromatic rings. The second-order valence-corrected chi connectivity index (χ2v) is 4.36. The number of fused-ring (bicyclic) bond motifs is 3. The third kappa shape index (κ3) is 1.76. The number of nitrogens with one attached hydrogen (secondary N) is 2. The molecule has 0 atom stereocenters. The van der Waals surface area contributed by atoms with Crippen LogP contribution in [0.4, 0.5) is 5.69 Å². The molecule has 0 aliphatic heterocycles. The minimum atomic E-state index is 1.02. The Kier molecular flexibility index (Phi) is 2.48. The fraction of sp³-hybridized carbons (Fsp3) is 0.200. The molecule has 0 unspecified atom stereocenters.